The number of imide groups is 1. The average molecular weight is 517 g/mol. The lowest BCUT2D eigenvalue weighted by atomic mass is 10.1. The van der Waals surface area contributed by atoms with Crippen molar-refractivity contribution in [3.8, 4) is 11.5 Å². The predicted molar refractivity (Wildman–Crippen MR) is 143 cm³/mol. The van der Waals surface area contributed by atoms with E-state index in [4.69, 9.17) is 9.47 Å². The monoisotopic (exact) mass is 516 g/mol. The highest BCUT2D eigenvalue weighted by Gasteiger charge is 2.37. The van der Waals surface area contributed by atoms with Gasteiger partial charge in [-0.25, -0.2) is 0 Å². The van der Waals surface area contributed by atoms with Crippen LogP contribution in [0.5, 0.6) is 11.5 Å². The molecule has 8 heteroatoms. The second-order valence-corrected chi connectivity index (χ2v) is 10.1. The van der Waals surface area contributed by atoms with Crippen LogP contribution in [0.4, 0.5) is 5.69 Å². The molecule has 2 heterocycles. The zero-order valence-corrected chi connectivity index (χ0v) is 21.4. The van der Waals surface area contributed by atoms with Gasteiger partial charge in [0.05, 0.1) is 29.5 Å². The average Bonchev–Trinajstić information content (AvgIpc) is 3.48. The molecule has 0 aromatic heterocycles. The van der Waals surface area contributed by atoms with Gasteiger partial charge in [-0.05, 0) is 61.2 Å². The summed E-state index contributed by atoms with van der Waals surface area (Å²) in [6.45, 7) is 3.00. The molecule has 3 aromatic carbocycles. The standard InChI is InChI=1S/C29H28N2O5S/c1-19-6-2-3-7-20(19)17-37-18-27(32)30-21-8-4-9-22(14-21)36-23-11-12-25-26(15-23)29(34)31(28(25)33)16-24-10-5-13-35-24/h2-4,6-9,11-12,14-15,24H,5,10,13,16-18H2,1H3,(H,30,32). The van der Waals surface area contributed by atoms with Crippen LogP contribution in [0, 0.1) is 6.92 Å². The molecule has 2 aliphatic heterocycles. The molecule has 3 amide bonds. The number of hydrogen-bond acceptors (Lipinski definition) is 6. The number of thioether (sulfide) groups is 1. The fourth-order valence-electron chi connectivity index (χ4n) is 4.49. The first kappa shape index (κ1) is 25.0. The molecule has 5 rings (SSSR count). The molecule has 37 heavy (non-hydrogen) atoms. The molecular formula is C29H28N2O5S. The molecule has 1 fully saturated rings. The summed E-state index contributed by atoms with van der Waals surface area (Å²) in [5, 5.41) is 2.91. The zero-order chi connectivity index (χ0) is 25.8. The molecule has 0 spiro atoms. The fourth-order valence-corrected chi connectivity index (χ4v) is 5.39. The van der Waals surface area contributed by atoms with Gasteiger partial charge < -0.3 is 14.8 Å². The van der Waals surface area contributed by atoms with E-state index in [0.717, 1.165) is 18.6 Å². The highest BCUT2D eigenvalue weighted by molar-refractivity contribution is 7.99. The van der Waals surface area contributed by atoms with Crippen molar-refractivity contribution in [2.75, 3.05) is 24.2 Å². The summed E-state index contributed by atoms with van der Waals surface area (Å²) in [6.07, 6.45) is 1.69. The highest BCUT2D eigenvalue weighted by Crippen LogP contribution is 2.31. The van der Waals surface area contributed by atoms with E-state index in [1.54, 1.807) is 54.2 Å². The summed E-state index contributed by atoms with van der Waals surface area (Å²) < 4.78 is 11.6. The lowest BCUT2D eigenvalue weighted by Gasteiger charge is -2.17. The summed E-state index contributed by atoms with van der Waals surface area (Å²) >= 11 is 1.56. The number of ether oxygens (including phenoxy) is 2. The second-order valence-electron chi connectivity index (χ2n) is 9.16. The number of benzene rings is 3. The minimum absolute atomic E-state index is 0.0938. The maximum absolute atomic E-state index is 12.9. The Balaban J connectivity index is 1.18. The van der Waals surface area contributed by atoms with E-state index in [1.807, 2.05) is 12.1 Å². The van der Waals surface area contributed by atoms with E-state index in [-0.39, 0.29) is 30.4 Å². The third-order valence-electron chi connectivity index (χ3n) is 6.46. The van der Waals surface area contributed by atoms with Gasteiger partial charge in [0.25, 0.3) is 11.8 Å². The van der Waals surface area contributed by atoms with Gasteiger partial charge in [0, 0.05) is 24.1 Å². The fraction of sp³-hybridized carbons (Fsp3) is 0.276. The van der Waals surface area contributed by atoms with Crippen LogP contribution >= 0.6 is 11.8 Å². The molecule has 0 radical (unpaired) electrons. The van der Waals surface area contributed by atoms with Crippen LogP contribution in [-0.4, -0.2) is 47.6 Å². The van der Waals surface area contributed by atoms with E-state index < -0.39 is 0 Å². The molecule has 0 saturated carbocycles. The van der Waals surface area contributed by atoms with Gasteiger partial charge in [0.15, 0.2) is 0 Å². The molecule has 1 N–H and O–H groups in total. The Hall–Kier alpha value is -3.62. The van der Waals surface area contributed by atoms with Gasteiger partial charge in [-0.1, -0.05) is 30.3 Å². The van der Waals surface area contributed by atoms with Gasteiger partial charge >= 0.3 is 0 Å². The van der Waals surface area contributed by atoms with Gasteiger partial charge in [-0.2, -0.15) is 0 Å². The van der Waals surface area contributed by atoms with Crippen molar-refractivity contribution in [1.82, 2.24) is 4.90 Å². The topological polar surface area (TPSA) is 84.9 Å². The van der Waals surface area contributed by atoms with Gasteiger partial charge in [-0.3, -0.25) is 19.3 Å². The molecule has 1 unspecified atom stereocenters. The van der Waals surface area contributed by atoms with E-state index in [0.29, 0.717) is 40.7 Å². The number of carbonyl (C=O) groups is 3. The first-order valence-electron chi connectivity index (χ1n) is 12.3. The van der Waals surface area contributed by atoms with Gasteiger partial charge in [0.2, 0.25) is 5.91 Å². The molecule has 0 bridgehead atoms. The Morgan fingerprint density at radius 3 is 2.65 bits per heavy atom. The Morgan fingerprint density at radius 2 is 1.84 bits per heavy atom. The number of carbonyl (C=O) groups excluding carboxylic acids is 3. The minimum Gasteiger partial charge on any atom is -0.457 e. The lowest BCUT2D eigenvalue weighted by Crippen LogP contribution is -2.36. The number of aryl methyl sites for hydroxylation is 1. The number of nitrogens with one attached hydrogen (secondary N) is 1. The number of amides is 3. The minimum atomic E-state index is -0.329. The molecule has 1 atom stereocenters. The second kappa shape index (κ2) is 11.2. The summed E-state index contributed by atoms with van der Waals surface area (Å²) in [4.78, 5) is 39.4. The third-order valence-corrected chi connectivity index (χ3v) is 7.44. The lowest BCUT2D eigenvalue weighted by molar-refractivity contribution is -0.113. The van der Waals surface area contributed by atoms with E-state index in [9.17, 15) is 14.4 Å². The van der Waals surface area contributed by atoms with Crippen molar-refractivity contribution in [2.45, 2.75) is 31.6 Å². The van der Waals surface area contributed by atoms with Crippen LogP contribution in [-0.2, 0) is 15.3 Å². The summed E-state index contributed by atoms with van der Waals surface area (Å²) in [5.74, 6) is 1.34. The van der Waals surface area contributed by atoms with Gasteiger partial charge in [-0.15, -0.1) is 11.8 Å². The predicted octanol–water partition coefficient (Wildman–Crippen LogP) is 5.43. The Kier molecular flexibility index (Phi) is 7.58. The normalized spacial score (nSPS) is 16.7. The van der Waals surface area contributed by atoms with Crippen molar-refractivity contribution >= 4 is 35.2 Å². The molecule has 0 aliphatic carbocycles. The maximum Gasteiger partial charge on any atom is 0.261 e. The Morgan fingerprint density at radius 1 is 1.03 bits per heavy atom. The number of nitrogens with zero attached hydrogens (tertiary/aromatic N) is 1. The molecule has 1 saturated heterocycles. The zero-order valence-electron chi connectivity index (χ0n) is 20.6. The number of rotatable bonds is 9. The van der Waals surface area contributed by atoms with E-state index >= 15 is 0 Å². The maximum atomic E-state index is 12.9. The summed E-state index contributed by atoms with van der Waals surface area (Å²) in [7, 11) is 0. The first-order chi connectivity index (χ1) is 18.0. The number of anilines is 1. The van der Waals surface area contributed by atoms with Crippen LogP contribution in [0.2, 0.25) is 0 Å². The van der Waals surface area contributed by atoms with E-state index in [1.165, 1.54) is 16.0 Å². The quantitative estimate of drug-likeness (QED) is 0.382. The number of hydrogen-bond donors (Lipinski definition) is 1. The molecular weight excluding hydrogens is 488 g/mol. The van der Waals surface area contributed by atoms with Crippen molar-refractivity contribution in [3.05, 3.63) is 89.0 Å². The van der Waals surface area contributed by atoms with Crippen molar-refractivity contribution < 1.29 is 23.9 Å². The van der Waals surface area contributed by atoms with Crippen molar-refractivity contribution in [1.29, 1.82) is 0 Å². The smallest absolute Gasteiger partial charge is 0.261 e. The van der Waals surface area contributed by atoms with Crippen LogP contribution < -0.4 is 10.1 Å². The SMILES string of the molecule is Cc1ccccc1CSCC(=O)Nc1cccc(Oc2ccc3c(c2)C(=O)N(CC2CCCO2)C3=O)c1. The van der Waals surface area contributed by atoms with Crippen LogP contribution in [0.25, 0.3) is 0 Å². The molecule has 7 nitrogen and oxygen atoms in total. The largest absolute Gasteiger partial charge is 0.457 e. The first-order valence-corrected chi connectivity index (χ1v) is 13.5. The molecule has 2 aliphatic rings. The Bertz CT molecular complexity index is 1340. The van der Waals surface area contributed by atoms with Crippen LogP contribution in [0.3, 0.4) is 0 Å². The van der Waals surface area contributed by atoms with Crippen molar-refractivity contribution in [2.24, 2.45) is 0 Å². The summed E-state index contributed by atoms with van der Waals surface area (Å²) in [6, 6.07) is 20.1. The molecule has 3 aromatic rings. The van der Waals surface area contributed by atoms with Crippen molar-refractivity contribution in [3.63, 3.8) is 0 Å². The number of fused-ring (bicyclic) bond motifs is 1. The molecule has 190 valence electrons. The Labute approximate surface area is 220 Å². The van der Waals surface area contributed by atoms with Crippen LogP contribution in [0.1, 0.15) is 44.7 Å². The summed E-state index contributed by atoms with van der Waals surface area (Å²) in [5.41, 5.74) is 3.76. The van der Waals surface area contributed by atoms with Crippen LogP contribution in [0.15, 0.2) is 66.7 Å². The van der Waals surface area contributed by atoms with E-state index in [2.05, 4.69) is 24.4 Å². The highest BCUT2D eigenvalue weighted by atomic mass is 32.2. The third kappa shape index (κ3) is 5.87. The van der Waals surface area contributed by atoms with Gasteiger partial charge in [0.1, 0.15) is 11.5 Å².